The number of guanidine groups is 2. The van der Waals surface area contributed by atoms with Gasteiger partial charge in [-0.1, -0.05) is 47.5 Å². The van der Waals surface area contributed by atoms with E-state index in [2.05, 4.69) is 41.9 Å². The summed E-state index contributed by atoms with van der Waals surface area (Å²) in [6.45, 7) is 12.6. The molecular formula is C35H66N12O7. The summed E-state index contributed by atoms with van der Waals surface area (Å²) in [5, 5.41) is 16.0. The summed E-state index contributed by atoms with van der Waals surface area (Å²) in [6.07, 6.45) is 3.88. The number of aliphatic imine (C=N–C) groups is 2. The lowest BCUT2D eigenvalue weighted by Gasteiger charge is -2.28. The fourth-order valence-electron chi connectivity index (χ4n) is 5.30. The zero-order valence-electron chi connectivity index (χ0n) is 33.0. The van der Waals surface area contributed by atoms with Gasteiger partial charge < -0.3 is 59.6 Å². The molecule has 19 nitrogen and oxygen atoms in total. The van der Waals surface area contributed by atoms with Crippen LogP contribution in [0.1, 0.15) is 106 Å². The molecule has 6 amide bonds. The maximum Gasteiger partial charge on any atom is 0.243 e. The van der Waals surface area contributed by atoms with Crippen molar-refractivity contribution in [3.05, 3.63) is 0 Å². The van der Waals surface area contributed by atoms with E-state index in [1.807, 2.05) is 34.6 Å². The van der Waals surface area contributed by atoms with Crippen molar-refractivity contribution < 1.29 is 33.6 Å². The average molecular weight is 767 g/mol. The second-order valence-corrected chi connectivity index (χ2v) is 14.2. The maximum absolute atomic E-state index is 13.7. The predicted octanol–water partition coefficient (Wildman–Crippen LogP) is -1.48. The van der Waals surface area contributed by atoms with Gasteiger partial charge in [-0.2, -0.15) is 0 Å². The number of amides is 6. The van der Waals surface area contributed by atoms with Gasteiger partial charge >= 0.3 is 0 Å². The van der Waals surface area contributed by atoms with E-state index in [1.165, 1.54) is 13.8 Å². The fourth-order valence-corrected chi connectivity index (χ4v) is 5.30. The first-order valence-electron chi connectivity index (χ1n) is 18.7. The second-order valence-electron chi connectivity index (χ2n) is 14.2. The fraction of sp³-hybridized carbons (Fsp3) is 0.743. The van der Waals surface area contributed by atoms with Gasteiger partial charge in [-0.3, -0.25) is 38.8 Å². The first-order chi connectivity index (χ1) is 25.3. The Morgan fingerprint density at radius 2 is 0.963 bits per heavy atom. The lowest BCUT2D eigenvalue weighted by atomic mass is 10.00. The van der Waals surface area contributed by atoms with Crippen LogP contribution in [0.4, 0.5) is 0 Å². The molecule has 0 saturated carbocycles. The molecule has 0 aromatic heterocycles. The largest absolute Gasteiger partial charge is 0.370 e. The minimum absolute atomic E-state index is 0.0325. The van der Waals surface area contributed by atoms with Gasteiger partial charge in [0.2, 0.25) is 35.4 Å². The van der Waals surface area contributed by atoms with Crippen LogP contribution in [-0.2, 0) is 33.6 Å². The lowest BCUT2D eigenvalue weighted by Crippen LogP contribution is -2.59. The third kappa shape index (κ3) is 22.2. The van der Waals surface area contributed by atoms with Gasteiger partial charge in [0.25, 0.3) is 0 Å². The number of nitrogens with zero attached hydrogens (tertiary/aromatic N) is 2. The Hall–Kier alpha value is -4.97. The molecule has 0 aromatic rings. The van der Waals surface area contributed by atoms with Gasteiger partial charge in [-0.05, 0) is 63.7 Å². The molecule has 308 valence electrons. The van der Waals surface area contributed by atoms with Gasteiger partial charge in [0.15, 0.2) is 11.9 Å². The Morgan fingerprint density at radius 1 is 0.556 bits per heavy atom. The normalized spacial score (nSPS) is 14.2. The topological polar surface area (TPSA) is 320 Å². The molecular weight excluding hydrogens is 700 g/mol. The van der Waals surface area contributed by atoms with Crippen molar-refractivity contribution in [1.29, 1.82) is 0 Å². The predicted molar refractivity (Wildman–Crippen MR) is 207 cm³/mol. The van der Waals surface area contributed by atoms with E-state index in [4.69, 9.17) is 22.9 Å². The van der Waals surface area contributed by atoms with Gasteiger partial charge in [0.05, 0.1) is 6.04 Å². The maximum atomic E-state index is 13.7. The van der Waals surface area contributed by atoms with Gasteiger partial charge in [0.1, 0.15) is 36.5 Å². The number of nitrogens with one attached hydrogen (secondary N) is 6. The Bertz CT molecular complexity index is 1280. The van der Waals surface area contributed by atoms with Crippen LogP contribution in [0.5, 0.6) is 0 Å². The summed E-state index contributed by atoms with van der Waals surface area (Å²) in [5.74, 6) is -3.71. The zero-order valence-corrected chi connectivity index (χ0v) is 33.0. The summed E-state index contributed by atoms with van der Waals surface area (Å²) in [7, 11) is 0. The molecule has 0 aliphatic carbocycles. The molecule has 0 aliphatic rings. The minimum Gasteiger partial charge on any atom is -0.370 e. The quantitative estimate of drug-likeness (QED) is 0.0199. The third-order valence-corrected chi connectivity index (χ3v) is 8.01. The van der Waals surface area contributed by atoms with Gasteiger partial charge in [-0.15, -0.1) is 0 Å². The van der Waals surface area contributed by atoms with E-state index in [0.29, 0.717) is 32.0 Å². The van der Waals surface area contributed by atoms with E-state index >= 15 is 0 Å². The molecule has 0 fully saturated rings. The number of hydrogen-bond acceptors (Lipinski definition) is 9. The summed E-state index contributed by atoms with van der Waals surface area (Å²) in [6, 6.07) is -5.98. The first-order valence-corrected chi connectivity index (χ1v) is 18.7. The molecule has 0 aromatic carbocycles. The summed E-state index contributed by atoms with van der Waals surface area (Å²) >= 11 is 0. The monoisotopic (exact) mass is 767 g/mol. The molecule has 0 bridgehead atoms. The zero-order chi connectivity index (χ0) is 41.4. The van der Waals surface area contributed by atoms with Gasteiger partial charge in [-0.25, -0.2) is 0 Å². The Labute approximate surface area is 319 Å². The Kier molecular flexibility index (Phi) is 24.3. The number of hydrogen-bond donors (Lipinski definition) is 10. The SMILES string of the molecule is CCCC[C@H](NC(=O)[C@H](CC(C)C)NC(=O)[C@H](CCCN=C(N)N)NC(C)=O)C(=O)N[C@@H](CC(C)C)C(=O)N[C@@H](C)C(=O)N[C@H](C=O)CCCN=C(N)N. The number of nitrogens with two attached hydrogens (primary N) is 4. The van der Waals surface area contributed by atoms with Crippen molar-refractivity contribution in [2.45, 2.75) is 143 Å². The molecule has 14 N–H and O–H groups in total. The van der Waals surface area contributed by atoms with Crippen LogP contribution in [0.15, 0.2) is 9.98 Å². The molecule has 0 saturated heterocycles. The third-order valence-electron chi connectivity index (χ3n) is 8.01. The highest BCUT2D eigenvalue weighted by atomic mass is 16.2. The van der Waals surface area contributed by atoms with Crippen molar-refractivity contribution in [2.24, 2.45) is 44.8 Å². The van der Waals surface area contributed by atoms with Crippen LogP contribution in [0.25, 0.3) is 0 Å². The van der Waals surface area contributed by atoms with E-state index in [9.17, 15) is 33.6 Å². The van der Waals surface area contributed by atoms with Crippen LogP contribution in [0.3, 0.4) is 0 Å². The number of carbonyl (C=O) groups is 7. The standard InChI is InChI=1S/C35H66N12O7/c1-8-9-13-26(45-33(54)28(18-21(4)5)47-30(51)25(43-23(7)49)14-11-16-41-35(38)39)31(52)46-27(17-20(2)3)32(53)42-22(6)29(50)44-24(19-48)12-10-15-40-34(36)37/h19-22,24-28H,8-18H2,1-7H3,(H,42,53)(H,43,49)(H,44,50)(H,45,54)(H,46,52)(H,47,51)(H4,36,37,40)(H4,38,39,41)/t22-,24-,25-,26-,27-,28-/m0/s1. The van der Waals surface area contributed by atoms with Crippen molar-refractivity contribution >= 4 is 53.6 Å². The molecule has 6 atom stereocenters. The average Bonchev–Trinajstić information content (AvgIpc) is 3.07. The van der Waals surface area contributed by atoms with E-state index in [0.717, 1.165) is 0 Å². The number of unbranched alkanes of at least 4 members (excludes halogenated alkanes) is 1. The molecule has 0 unspecified atom stereocenters. The first kappa shape index (κ1) is 49.0. The molecule has 54 heavy (non-hydrogen) atoms. The van der Waals surface area contributed by atoms with Crippen molar-refractivity contribution in [2.75, 3.05) is 13.1 Å². The second kappa shape index (κ2) is 26.7. The molecule has 0 rings (SSSR count). The molecule has 0 aliphatic heterocycles. The van der Waals surface area contributed by atoms with E-state index in [1.54, 1.807) is 0 Å². The van der Waals surface area contributed by atoms with E-state index < -0.39 is 71.7 Å². The van der Waals surface area contributed by atoms with E-state index in [-0.39, 0.29) is 68.9 Å². The molecule has 0 spiro atoms. The number of carbonyl (C=O) groups excluding carboxylic acids is 7. The van der Waals surface area contributed by atoms with Crippen molar-refractivity contribution in [1.82, 2.24) is 31.9 Å². The molecule has 19 heteroatoms. The van der Waals surface area contributed by atoms with Crippen molar-refractivity contribution in [3.8, 4) is 0 Å². The summed E-state index contributed by atoms with van der Waals surface area (Å²) in [4.78, 5) is 98.2. The lowest BCUT2D eigenvalue weighted by molar-refractivity contribution is -0.135. The van der Waals surface area contributed by atoms with Crippen LogP contribution in [0.2, 0.25) is 0 Å². The highest BCUT2D eigenvalue weighted by Gasteiger charge is 2.32. The van der Waals surface area contributed by atoms with Crippen molar-refractivity contribution in [3.63, 3.8) is 0 Å². The number of rotatable bonds is 27. The highest BCUT2D eigenvalue weighted by Crippen LogP contribution is 2.11. The highest BCUT2D eigenvalue weighted by molar-refractivity contribution is 5.96. The smallest absolute Gasteiger partial charge is 0.243 e. The Balaban J connectivity index is 5.89. The van der Waals surface area contributed by atoms with Crippen LogP contribution in [0, 0.1) is 11.8 Å². The van der Waals surface area contributed by atoms with Crippen LogP contribution >= 0.6 is 0 Å². The summed E-state index contributed by atoms with van der Waals surface area (Å²) < 4.78 is 0. The van der Waals surface area contributed by atoms with Crippen LogP contribution in [-0.4, -0.2) is 103 Å². The molecule has 0 heterocycles. The van der Waals surface area contributed by atoms with Crippen LogP contribution < -0.4 is 54.8 Å². The van der Waals surface area contributed by atoms with Gasteiger partial charge in [0, 0.05) is 20.0 Å². The summed E-state index contributed by atoms with van der Waals surface area (Å²) in [5.41, 5.74) is 21.4. The molecule has 0 radical (unpaired) electrons. The number of aldehydes is 1. The Morgan fingerprint density at radius 3 is 1.39 bits per heavy atom. The minimum atomic E-state index is -1.06.